The molecule has 1 radical (unpaired) electrons. The van der Waals surface area contributed by atoms with Crippen LogP contribution in [0, 0.1) is 17.9 Å². The van der Waals surface area contributed by atoms with E-state index in [-0.39, 0.29) is 54.3 Å². The summed E-state index contributed by atoms with van der Waals surface area (Å²) >= 11 is 0. The number of ketones is 1. The first-order valence-electron chi connectivity index (χ1n) is 16.6. The third kappa shape index (κ3) is 6.34. The van der Waals surface area contributed by atoms with Crippen molar-refractivity contribution in [3.63, 3.8) is 0 Å². The molecule has 1 N–H and O–H groups in total. The third-order valence-electron chi connectivity index (χ3n) is 9.80. The number of nitrogens with zero attached hydrogens (tertiary/aromatic N) is 1. The molecule has 0 aliphatic heterocycles. The van der Waals surface area contributed by atoms with Crippen LogP contribution in [0.15, 0.2) is 71.0 Å². The van der Waals surface area contributed by atoms with Crippen molar-refractivity contribution < 1.29 is 34.4 Å². The molecule has 0 saturated carbocycles. The Balaban J connectivity index is 0.000000259. The van der Waals surface area contributed by atoms with Gasteiger partial charge in [0.1, 0.15) is 11.2 Å². The normalized spacial score (nSPS) is 13.9. The van der Waals surface area contributed by atoms with E-state index in [0.717, 1.165) is 58.9 Å². The summed E-state index contributed by atoms with van der Waals surface area (Å²) in [5.41, 5.74) is 7.53. The van der Waals surface area contributed by atoms with Crippen molar-refractivity contribution in [1.82, 2.24) is 4.98 Å². The Morgan fingerprint density at radius 2 is 1.59 bits per heavy atom. The van der Waals surface area contributed by atoms with Crippen LogP contribution in [-0.2, 0) is 35.7 Å². The third-order valence-corrected chi connectivity index (χ3v) is 9.80. The van der Waals surface area contributed by atoms with E-state index in [9.17, 15) is 9.90 Å². The Hall–Kier alpha value is -3.27. The van der Waals surface area contributed by atoms with Gasteiger partial charge in [-0.3, -0.25) is 9.78 Å². The van der Waals surface area contributed by atoms with E-state index in [4.69, 9.17) is 9.40 Å². The van der Waals surface area contributed by atoms with E-state index in [1.54, 1.807) is 0 Å². The fourth-order valence-electron chi connectivity index (χ4n) is 6.89. The smallest absolute Gasteiger partial charge is 0.162 e. The molecule has 0 amide bonds. The van der Waals surface area contributed by atoms with Gasteiger partial charge in [0, 0.05) is 66.2 Å². The molecular formula is C41H48IrNO3-. The average Bonchev–Trinajstić information content (AvgIpc) is 3.37. The molecule has 6 rings (SSSR count). The van der Waals surface area contributed by atoms with Crippen molar-refractivity contribution in [2.45, 2.75) is 98.8 Å². The molecule has 2 heterocycles. The summed E-state index contributed by atoms with van der Waals surface area (Å²) in [5.74, 6) is 0.547. The van der Waals surface area contributed by atoms with E-state index < -0.39 is 0 Å². The monoisotopic (exact) mass is 795 g/mol. The summed E-state index contributed by atoms with van der Waals surface area (Å²) in [4.78, 5) is 16.6. The zero-order valence-electron chi connectivity index (χ0n) is 28.8. The second-order valence-corrected chi connectivity index (χ2v) is 14.0. The molecule has 0 bridgehead atoms. The maximum Gasteiger partial charge on any atom is 0.162 e. The molecule has 5 aromatic rings. The summed E-state index contributed by atoms with van der Waals surface area (Å²) in [6, 6.07) is 21.1. The Kier molecular flexibility index (Phi) is 10.7. The van der Waals surface area contributed by atoms with Crippen LogP contribution in [0.25, 0.3) is 44.0 Å². The Morgan fingerprint density at radius 1 is 0.935 bits per heavy atom. The van der Waals surface area contributed by atoms with Crippen LogP contribution in [-0.4, -0.2) is 15.9 Å². The SMILES string of the molecule is CC(C)(C)c1ccc2c3c1oc1ccnc(c13)-c1[c-]c3ccccc3cc1C2(C)C.CCC(CC)C(=O)/C=C(\O)C(CC)CC.[Ir]. The van der Waals surface area contributed by atoms with Crippen LogP contribution >= 0.6 is 0 Å². The quantitative estimate of drug-likeness (QED) is 0.101. The standard InChI is InChI=1S/C28H24NO.C13H24O2.Ir/c1-27(2,3)20-11-10-19-23-24-22(30-26(20)23)12-13-29-25(24)18-14-16-8-6-7-9-17(16)15-21(18)28(19,4)5;1-5-10(6-2)12(14)9-13(15)11(7-3)8-4;/h6-13,15H,1-5H3;9-11,14H,5-8H2,1-4H3;/q-1;;/b;12-9-;. The van der Waals surface area contributed by atoms with Crippen LogP contribution in [0.5, 0.6) is 0 Å². The molecule has 3 aromatic carbocycles. The molecule has 0 spiro atoms. The molecule has 0 unspecified atom stereocenters. The summed E-state index contributed by atoms with van der Waals surface area (Å²) in [6.07, 6.45) is 6.77. The van der Waals surface area contributed by atoms with Crippen LogP contribution in [0.1, 0.15) is 105 Å². The minimum atomic E-state index is -0.206. The average molecular weight is 795 g/mol. The van der Waals surface area contributed by atoms with Gasteiger partial charge >= 0.3 is 0 Å². The maximum atomic E-state index is 11.7. The van der Waals surface area contributed by atoms with Gasteiger partial charge in [0.15, 0.2) is 5.78 Å². The van der Waals surface area contributed by atoms with Crippen molar-refractivity contribution in [3.8, 4) is 11.3 Å². The van der Waals surface area contributed by atoms with Crippen LogP contribution < -0.4 is 0 Å². The molecule has 0 fully saturated rings. The van der Waals surface area contributed by atoms with Gasteiger partial charge < -0.3 is 9.52 Å². The second kappa shape index (κ2) is 13.8. The topological polar surface area (TPSA) is 63.3 Å². The van der Waals surface area contributed by atoms with Crippen molar-refractivity contribution in [1.29, 1.82) is 0 Å². The number of allylic oxidation sites excluding steroid dienone is 2. The van der Waals surface area contributed by atoms with Gasteiger partial charge in [0.25, 0.3) is 0 Å². The summed E-state index contributed by atoms with van der Waals surface area (Å²) in [7, 11) is 0. The fraction of sp³-hybridized carbons (Fsp3) is 0.415. The molecule has 245 valence electrons. The number of carbonyl (C=O) groups is 1. The Bertz CT molecular complexity index is 1900. The molecule has 5 heteroatoms. The van der Waals surface area contributed by atoms with Crippen molar-refractivity contribution in [2.24, 2.45) is 11.8 Å². The molecule has 1 aliphatic carbocycles. The number of aromatic nitrogens is 1. The Morgan fingerprint density at radius 3 is 2.22 bits per heavy atom. The summed E-state index contributed by atoms with van der Waals surface area (Å²) in [5, 5.41) is 14.4. The Labute approximate surface area is 288 Å². The second-order valence-electron chi connectivity index (χ2n) is 14.0. The summed E-state index contributed by atoms with van der Waals surface area (Å²) in [6.45, 7) is 19.4. The van der Waals surface area contributed by atoms with Crippen molar-refractivity contribution >= 4 is 38.5 Å². The van der Waals surface area contributed by atoms with Gasteiger partial charge in [0.2, 0.25) is 0 Å². The predicted molar refractivity (Wildman–Crippen MR) is 188 cm³/mol. The number of fused-ring (bicyclic) bond motifs is 3. The minimum Gasteiger partial charge on any atom is -0.512 e. The molecule has 2 aromatic heterocycles. The van der Waals surface area contributed by atoms with E-state index in [2.05, 4.69) is 83.1 Å². The van der Waals surface area contributed by atoms with Gasteiger partial charge in [0.05, 0.1) is 5.76 Å². The zero-order valence-corrected chi connectivity index (χ0v) is 31.2. The fourth-order valence-corrected chi connectivity index (χ4v) is 6.89. The van der Waals surface area contributed by atoms with E-state index in [1.165, 1.54) is 33.5 Å². The molecule has 0 saturated heterocycles. The van der Waals surface area contributed by atoms with E-state index in [0.29, 0.717) is 0 Å². The van der Waals surface area contributed by atoms with Gasteiger partial charge in [-0.05, 0) is 48.1 Å². The first kappa shape index (κ1) is 35.6. The van der Waals surface area contributed by atoms with Crippen LogP contribution in [0.2, 0.25) is 0 Å². The van der Waals surface area contributed by atoms with Gasteiger partial charge in [-0.15, -0.1) is 23.6 Å². The van der Waals surface area contributed by atoms with Crippen molar-refractivity contribution in [2.75, 3.05) is 0 Å². The van der Waals surface area contributed by atoms with E-state index in [1.807, 2.05) is 40.0 Å². The number of benzene rings is 3. The number of hydrogen-bond acceptors (Lipinski definition) is 4. The van der Waals surface area contributed by atoms with Crippen molar-refractivity contribution in [3.05, 3.63) is 89.3 Å². The van der Waals surface area contributed by atoms with Crippen LogP contribution in [0.4, 0.5) is 0 Å². The minimum absolute atomic E-state index is 0. The predicted octanol–water partition coefficient (Wildman–Crippen LogP) is 11.4. The largest absolute Gasteiger partial charge is 0.512 e. The number of hydrogen-bond donors (Lipinski definition) is 1. The first-order valence-corrected chi connectivity index (χ1v) is 16.6. The number of carbonyl (C=O) groups excluding carboxylic acids is 1. The number of rotatable bonds is 7. The molecule has 0 atom stereocenters. The number of aliphatic hydroxyl groups is 1. The number of aliphatic hydroxyl groups excluding tert-OH is 1. The van der Waals surface area contributed by atoms with Gasteiger partial charge in [-0.1, -0.05) is 109 Å². The maximum absolute atomic E-state index is 11.7. The van der Waals surface area contributed by atoms with E-state index >= 15 is 0 Å². The van der Waals surface area contributed by atoms with Gasteiger partial charge in [-0.25, -0.2) is 0 Å². The molecule has 46 heavy (non-hydrogen) atoms. The molecule has 1 aliphatic rings. The summed E-state index contributed by atoms with van der Waals surface area (Å²) < 4.78 is 6.51. The molecular weight excluding hydrogens is 747 g/mol. The number of pyridine rings is 1. The van der Waals surface area contributed by atoms with Crippen LogP contribution in [0.3, 0.4) is 0 Å². The first-order chi connectivity index (χ1) is 21.4. The van der Waals surface area contributed by atoms with Gasteiger partial charge in [-0.2, -0.15) is 0 Å². The number of furan rings is 1. The zero-order chi connectivity index (χ0) is 32.7. The molecule has 4 nitrogen and oxygen atoms in total.